The topological polar surface area (TPSA) is 57.0 Å². The van der Waals surface area contributed by atoms with Crippen LogP contribution in [0.5, 0.6) is 0 Å². The Labute approximate surface area is 92.2 Å². The van der Waals surface area contributed by atoms with Crippen LogP contribution >= 0.6 is 11.3 Å². The van der Waals surface area contributed by atoms with Gasteiger partial charge in [0.1, 0.15) is 4.88 Å². The lowest BCUT2D eigenvalue weighted by molar-refractivity contribution is 0.0703. The zero-order valence-corrected chi connectivity index (χ0v) is 9.04. The molecule has 0 saturated carbocycles. The lowest BCUT2D eigenvalue weighted by Gasteiger charge is -2.29. The quantitative estimate of drug-likeness (QED) is 0.722. The van der Waals surface area contributed by atoms with Gasteiger partial charge in [-0.25, -0.2) is 0 Å². The molecule has 0 aromatic carbocycles. The Balaban J connectivity index is 2.05. The van der Waals surface area contributed by atoms with Gasteiger partial charge in [-0.3, -0.25) is 9.78 Å². The maximum absolute atomic E-state index is 11.9. The van der Waals surface area contributed by atoms with Crippen LogP contribution in [0.15, 0.2) is 11.7 Å². The number of carbonyl (C=O) groups excluding carboxylic acids is 1. The molecule has 0 radical (unpaired) electrons. The minimum absolute atomic E-state index is 0.00405. The molecule has 2 heterocycles. The number of nitrogens with zero attached hydrogens (tertiary/aromatic N) is 3. The minimum atomic E-state index is -0.00405. The van der Waals surface area contributed by atoms with Crippen molar-refractivity contribution >= 4 is 17.2 Å². The van der Waals surface area contributed by atoms with Crippen molar-refractivity contribution in [2.75, 3.05) is 13.1 Å². The summed E-state index contributed by atoms with van der Waals surface area (Å²) >= 11 is 1.35. The van der Waals surface area contributed by atoms with Gasteiger partial charge in [-0.2, -0.15) is 5.26 Å². The van der Waals surface area contributed by atoms with Crippen molar-refractivity contribution < 1.29 is 4.79 Å². The number of aromatic nitrogens is 1. The molecule has 0 spiro atoms. The fourth-order valence-corrected chi connectivity index (χ4v) is 2.33. The van der Waals surface area contributed by atoms with Crippen LogP contribution in [0.4, 0.5) is 0 Å². The maximum atomic E-state index is 11.9. The van der Waals surface area contributed by atoms with E-state index in [0.29, 0.717) is 11.4 Å². The highest BCUT2D eigenvalue weighted by molar-refractivity contribution is 7.11. The fourth-order valence-electron chi connectivity index (χ4n) is 1.74. The van der Waals surface area contributed by atoms with E-state index in [2.05, 4.69) is 11.1 Å². The first-order valence-electron chi connectivity index (χ1n) is 4.88. The summed E-state index contributed by atoms with van der Waals surface area (Å²) in [5.41, 5.74) is 1.65. The summed E-state index contributed by atoms with van der Waals surface area (Å²) in [7, 11) is 0. The number of amides is 1. The van der Waals surface area contributed by atoms with Gasteiger partial charge in [0.2, 0.25) is 0 Å². The molecule has 0 bridgehead atoms. The van der Waals surface area contributed by atoms with Crippen molar-refractivity contribution in [2.24, 2.45) is 5.92 Å². The van der Waals surface area contributed by atoms with Gasteiger partial charge in [0.25, 0.3) is 5.91 Å². The normalized spacial score (nSPS) is 21.0. The monoisotopic (exact) mass is 221 g/mol. The molecular formula is C10H11N3OS. The first-order chi connectivity index (χ1) is 7.31. The zero-order chi connectivity index (χ0) is 10.7. The first kappa shape index (κ1) is 10.1. The van der Waals surface area contributed by atoms with Gasteiger partial charge in [0.15, 0.2) is 0 Å². The number of piperidine rings is 1. The van der Waals surface area contributed by atoms with Gasteiger partial charge in [0, 0.05) is 13.1 Å². The zero-order valence-electron chi connectivity index (χ0n) is 8.22. The third-order valence-corrected chi connectivity index (χ3v) is 3.30. The highest BCUT2D eigenvalue weighted by atomic mass is 32.1. The van der Waals surface area contributed by atoms with E-state index in [0.717, 1.165) is 19.4 Å². The molecule has 1 aromatic rings. The van der Waals surface area contributed by atoms with E-state index in [4.69, 9.17) is 5.26 Å². The second-order valence-electron chi connectivity index (χ2n) is 3.59. The minimum Gasteiger partial charge on any atom is -0.337 e. The smallest absolute Gasteiger partial charge is 0.265 e. The van der Waals surface area contributed by atoms with Gasteiger partial charge in [-0.15, -0.1) is 11.3 Å². The van der Waals surface area contributed by atoms with Crippen LogP contribution in [0.2, 0.25) is 0 Å². The summed E-state index contributed by atoms with van der Waals surface area (Å²) in [4.78, 5) is 18.2. The number of hydrogen-bond acceptors (Lipinski definition) is 4. The van der Waals surface area contributed by atoms with Crippen LogP contribution in [0.1, 0.15) is 22.5 Å². The molecule has 1 amide bonds. The molecule has 15 heavy (non-hydrogen) atoms. The molecule has 1 aliphatic heterocycles. The molecule has 1 aliphatic rings. The molecule has 1 aromatic heterocycles. The molecule has 1 saturated heterocycles. The van der Waals surface area contributed by atoms with Crippen LogP contribution < -0.4 is 0 Å². The Morgan fingerprint density at radius 3 is 3.27 bits per heavy atom. The first-order valence-corrected chi connectivity index (χ1v) is 5.76. The van der Waals surface area contributed by atoms with E-state index in [1.54, 1.807) is 16.6 Å². The average Bonchev–Trinajstić information content (AvgIpc) is 2.81. The summed E-state index contributed by atoms with van der Waals surface area (Å²) in [5.74, 6) is 0.00747. The Bertz CT molecular complexity index is 382. The van der Waals surface area contributed by atoms with Crippen molar-refractivity contribution in [1.29, 1.82) is 5.26 Å². The fraction of sp³-hybridized carbons (Fsp3) is 0.500. The maximum Gasteiger partial charge on any atom is 0.265 e. The van der Waals surface area contributed by atoms with Crippen LogP contribution in [0, 0.1) is 17.2 Å². The summed E-state index contributed by atoms with van der Waals surface area (Å²) in [5, 5.41) is 8.82. The van der Waals surface area contributed by atoms with E-state index < -0.39 is 0 Å². The second kappa shape index (κ2) is 4.41. The summed E-state index contributed by atoms with van der Waals surface area (Å²) in [6, 6.07) is 2.23. The Morgan fingerprint density at radius 2 is 2.60 bits per heavy atom. The van der Waals surface area contributed by atoms with E-state index in [9.17, 15) is 4.79 Å². The van der Waals surface area contributed by atoms with Crippen molar-refractivity contribution in [1.82, 2.24) is 9.88 Å². The third-order valence-electron chi connectivity index (χ3n) is 2.53. The number of carbonyl (C=O) groups is 1. The Morgan fingerprint density at radius 1 is 1.73 bits per heavy atom. The van der Waals surface area contributed by atoms with E-state index in [-0.39, 0.29) is 11.8 Å². The Hall–Kier alpha value is -1.41. The molecule has 2 rings (SSSR count). The lowest BCUT2D eigenvalue weighted by Crippen LogP contribution is -2.39. The van der Waals surface area contributed by atoms with Crippen molar-refractivity contribution in [3.05, 3.63) is 16.6 Å². The molecule has 78 valence electrons. The number of nitriles is 1. The standard InChI is InChI=1S/C10H11N3OS/c11-4-8-2-1-3-13(6-8)10(14)9-5-12-7-15-9/h5,7-8H,1-3,6H2. The Kier molecular flexibility index (Phi) is 2.97. The molecule has 0 N–H and O–H groups in total. The van der Waals surface area contributed by atoms with Gasteiger partial charge in [-0.1, -0.05) is 0 Å². The van der Waals surface area contributed by atoms with Gasteiger partial charge in [0.05, 0.1) is 23.7 Å². The van der Waals surface area contributed by atoms with Gasteiger partial charge >= 0.3 is 0 Å². The lowest BCUT2D eigenvalue weighted by atomic mass is 10.00. The van der Waals surface area contributed by atoms with E-state index in [1.807, 2.05) is 0 Å². The average molecular weight is 221 g/mol. The predicted molar refractivity (Wildman–Crippen MR) is 56.4 cm³/mol. The van der Waals surface area contributed by atoms with Crippen LogP contribution in [0.3, 0.4) is 0 Å². The van der Waals surface area contributed by atoms with E-state index >= 15 is 0 Å². The van der Waals surface area contributed by atoms with Gasteiger partial charge < -0.3 is 4.90 Å². The summed E-state index contributed by atoms with van der Waals surface area (Å²) < 4.78 is 0. The third kappa shape index (κ3) is 2.16. The molecular weight excluding hydrogens is 210 g/mol. The molecule has 1 atom stereocenters. The van der Waals surface area contributed by atoms with Crippen molar-refractivity contribution in [3.8, 4) is 6.07 Å². The molecule has 1 fully saturated rings. The molecule has 4 nitrogen and oxygen atoms in total. The van der Waals surface area contributed by atoms with Crippen molar-refractivity contribution in [3.63, 3.8) is 0 Å². The van der Waals surface area contributed by atoms with Crippen LogP contribution in [0.25, 0.3) is 0 Å². The molecule has 0 aliphatic carbocycles. The largest absolute Gasteiger partial charge is 0.337 e. The second-order valence-corrected chi connectivity index (χ2v) is 4.47. The molecule has 1 unspecified atom stereocenters. The number of hydrogen-bond donors (Lipinski definition) is 0. The SMILES string of the molecule is N#CC1CCCN(C(=O)c2cncs2)C1. The molecule has 5 heteroatoms. The highest BCUT2D eigenvalue weighted by Crippen LogP contribution is 2.19. The number of thiazole rings is 1. The highest BCUT2D eigenvalue weighted by Gasteiger charge is 2.24. The van der Waals surface area contributed by atoms with Crippen LogP contribution in [-0.4, -0.2) is 28.9 Å². The van der Waals surface area contributed by atoms with Gasteiger partial charge in [-0.05, 0) is 12.8 Å². The van der Waals surface area contributed by atoms with E-state index in [1.165, 1.54) is 11.3 Å². The van der Waals surface area contributed by atoms with Crippen LogP contribution in [-0.2, 0) is 0 Å². The summed E-state index contributed by atoms with van der Waals surface area (Å²) in [6.07, 6.45) is 3.41. The number of rotatable bonds is 1. The predicted octanol–water partition coefficient (Wildman–Crippen LogP) is 1.52. The van der Waals surface area contributed by atoms with Crippen molar-refractivity contribution in [2.45, 2.75) is 12.8 Å². The summed E-state index contributed by atoms with van der Waals surface area (Å²) in [6.45, 7) is 1.32. The number of likely N-dealkylation sites (tertiary alicyclic amines) is 1.